The zero-order valence-corrected chi connectivity index (χ0v) is 30.3. The van der Waals surface area contributed by atoms with Crippen LogP contribution in [0, 0.1) is 3.57 Å². The Balaban J connectivity index is 1.23. The summed E-state index contributed by atoms with van der Waals surface area (Å²) in [6.07, 6.45) is 0.416. The fraction of sp³-hybridized carbons (Fsp3) is 0.270. The van der Waals surface area contributed by atoms with Gasteiger partial charge in [0.15, 0.2) is 29.2 Å². The second kappa shape index (κ2) is 17.1. The van der Waals surface area contributed by atoms with Gasteiger partial charge in [0.2, 0.25) is 0 Å². The van der Waals surface area contributed by atoms with Gasteiger partial charge >= 0.3 is 12.0 Å². The quantitative estimate of drug-likeness (QED) is 0.0377. The van der Waals surface area contributed by atoms with Crippen LogP contribution in [0.2, 0.25) is 0 Å². The third kappa shape index (κ3) is 8.76. The molecule has 2 atom stereocenters. The summed E-state index contributed by atoms with van der Waals surface area (Å²) in [5.41, 5.74) is 5.74. The molecule has 5 rings (SSSR count). The molecule has 0 saturated carbocycles. The van der Waals surface area contributed by atoms with Crippen molar-refractivity contribution in [3.05, 3.63) is 104 Å². The smallest absolute Gasteiger partial charge is 0.337 e. The van der Waals surface area contributed by atoms with Gasteiger partial charge < -0.3 is 39.4 Å². The molecule has 262 valence electrons. The molecule has 1 aliphatic heterocycles. The number of halogens is 1. The first-order valence-corrected chi connectivity index (χ1v) is 17.1. The molecule has 12 nitrogen and oxygen atoms in total. The van der Waals surface area contributed by atoms with Crippen molar-refractivity contribution in [1.82, 2.24) is 16.1 Å². The lowest BCUT2D eigenvalue weighted by Crippen LogP contribution is -2.45. The standard InChI is InChI=1S/C37H39IN4O8/c1-5-47-30-18-25(34-33(36(44)46-4)22(3)40-37(45)41-34)14-15-29(30)49-21-32(43)42-39-19-23-16-28(38)35(31(17-23)48-6-2)50-20-26-12-9-11-24-10-7-8-13-27(24)26/h7-19,32,34,42-43H,5-6,20-21H2,1-4H3,(H2,40,41,45)/b39-19+/t32-,34+/m0/s1. The molecule has 0 bridgehead atoms. The predicted molar refractivity (Wildman–Crippen MR) is 198 cm³/mol. The summed E-state index contributed by atoms with van der Waals surface area (Å²) in [5.74, 6) is 1.39. The molecule has 4 N–H and O–H groups in total. The monoisotopic (exact) mass is 794 g/mol. The Morgan fingerprint density at radius 2 is 1.74 bits per heavy atom. The SMILES string of the molecule is CCOc1cc([C@H]2NC(=O)NC(C)=C2C(=O)OC)ccc1OC[C@H](O)N/N=C/c1cc(I)c(OCc2cccc3ccccc23)c(OCC)c1. The van der Waals surface area contributed by atoms with Crippen molar-refractivity contribution in [2.24, 2.45) is 5.10 Å². The van der Waals surface area contributed by atoms with Crippen LogP contribution in [0.25, 0.3) is 10.8 Å². The van der Waals surface area contributed by atoms with Gasteiger partial charge in [-0.2, -0.15) is 5.10 Å². The van der Waals surface area contributed by atoms with E-state index in [9.17, 15) is 14.7 Å². The van der Waals surface area contributed by atoms with Crippen molar-refractivity contribution in [2.75, 3.05) is 26.9 Å². The van der Waals surface area contributed by atoms with Crippen LogP contribution in [0.5, 0.6) is 23.0 Å². The summed E-state index contributed by atoms with van der Waals surface area (Å²) in [7, 11) is 1.28. The van der Waals surface area contributed by atoms with E-state index in [1.54, 1.807) is 31.3 Å². The number of ether oxygens (including phenoxy) is 5. The zero-order valence-electron chi connectivity index (χ0n) is 28.1. The predicted octanol–water partition coefficient (Wildman–Crippen LogP) is 5.94. The Morgan fingerprint density at radius 3 is 2.52 bits per heavy atom. The highest BCUT2D eigenvalue weighted by atomic mass is 127. The number of carbonyl (C=O) groups excluding carboxylic acids is 2. The van der Waals surface area contributed by atoms with Crippen LogP contribution in [0.4, 0.5) is 4.79 Å². The summed E-state index contributed by atoms with van der Waals surface area (Å²) in [5, 5.41) is 22.4. The van der Waals surface area contributed by atoms with E-state index in [2.05, 4.69) is 68.0 Å². The van der Waals surface area contributed by atoms with Gasteiger partial charge in [-0.15, -0.1) is 0 Å². The largest absolute Gasteiger partial charge is 0.490 e. The van der Waals surface area contributed by atoms with Gasteiger partial charge in [-0.3, -0.25) is 5.43 Å². The number of hydrazone groups is 1. The molecule has 0 aliphatic carbocycles. The molecule has 0 fully saturated rings. The van der Waals surface area contributed by atoms with Crippen molar-refractivity contribution in [1.29, 1.82) is 0 Å². The van der Waals surface area contributed by atoms with Crippen LogP contribution in [-0.2, 0) is 16.1 Å². The average Bonchev–Trinajstić information content (AvgIpc) is 3.10. The molecule has 2 amide bonds. The van der Waals surface area contributed by atoms with E-state index in [1.165, 1.54) is 7.11 Å². The average molecular weight is 795 g/mol. The Labute approximate surface area is 303 Å². The number of allylic oxidation sites excluding steroid dienone is 1. The van der Waals surface area contributed by atoms with Crippen molar-refractivity contribution >= 4 is 51.6 Å². The second-order valence-corrected chi connectivity index (χ2v) is 12.3. The van der Waals surface area contributed by atoms with Crippen LogP contribution in [0.15, 0.2) is 89.2 Å². The first kappa shape index (κ1) is 36.3. The lowest BCUT2D eigenvalue weighted by atomic mass is 9.95. The number of benzene rings is 4. The van der Waals surface area contributed by atoms with Crippen molar-refractivity contribution < 1.29 is 38.4 Å². The highest BCUT2D eigenvalue weighted by Crippen LogP contribution is 2.36. The molecule has 0 saturated heterocycles. The summed E-state index contributed by atoms with van der Waals surface area (Å²) >= 11 is 2.21. The van der Waals surface area contributed by atoms with E-state index in [0.717, 1.165) is 25.5 Å². The third-order valence-electron chi connectivity index (χ3n) is 7.69. The van der Waals surface area contributed by atoms with E-state index in [4.69, 9.17) is 23.7 Å². The third-order valence-corrected chi connectivity index (χ3v) is 8.49. The van der Waals surface area contributed by atoms with Gasteiger partial charge in [-0.05, 0) is 95.1 Å². The molecular weight excluding hydrogens is 755 g/mol. The molecular formula is C37H39IN4O8. The molecule has 0 unspecified atom stereocenters. The van der Waals surface area contributed by atoms with Crippen LogP contribution in [0.1, 0.15) is 43.5 Å². The highest BCUT2D eigenvalue weighted by Gasteiger charge is 2.32. The van der Waals surface area contributed by atoms with E-state index >= 15 is 0 Å². The molecule has 50 heavy (non-hydrogen) atoms. The zero-order chi connectivity index (χ0) is 35.6. The molecule has 0 aromatic heterocycles. The molecule has 1 heterocycles. The number of amides is 2. The van der Waals surface area contributed by atoms with E-state index in [1.807, 2.05) is 44.2 Å². The molecule has 0 spiro atoms. The number of nitrogens with one attached hydrogen (secondary N) is 3. The fourth-order valence-electron chi connectivity index (χ4n) is 5.45. The maximum atomic E-state index is 12.5. The lowest BCUT2D eigenvalue weighted by Gasteiger charge is -2.28. The minimum Gasteiger partial charge on any atom is -0.490 e. The Hall–Kier alpha value is -5.02. The maximum Gasteiger partial charge on any atom is 0.337 e. The van der Waals surface area contributed by atoms with Gasteiger partial charge in [0.1, 0.15) is 13.2 Å². The van der Waals surface area contributed by atoms with Crippen molar-refractivity contribution in [2.45, 2.75) is 39.6 Å². The van der Waals surface area contributed by atoms with Crippen LogP contribution in [0.3, 0.4) is 0 Å². The van der Waals surface area contributed by atoms with Crippen molar-refractivity contribution in [3.8, 4) is 23.0 Å². The molecule has 13 heteroatoms. The number of hydrogen-bond donors (Lipinski definition) is 4. The van der Waals surface area contributed by atoms with Gasteiger partial charge in [-0.25, -0.2) is 9.59 Å². The number of nitrogens with zero attached hydrogens (tertiary/aromatic N) is 1. The number of fused-ring (bicyclic) bond motifs is 1. The topological polar surface area (TPSA) is 149 Å². The number of rotatable bonds is 15. The number of esters is 1. The fourth-order valence-corrected chi connectivity index (χ4v) is 6.23. The number of hydrogen-bond acceptors (Lipinski definition) is 10. The number of urea groups is 1. The molecule has 0 radical (unpaired) electrons. The number of methoxy groups -OCH3 is 1. The molecule has 4 aromatic rings. The van der Waals surface area contributed by atoms with Gasteiger partial charge in [0, 0.05) is 5.70 Å². The minimum atomic E-state index is -1.16. The summed E-state index contributed by atoms with van der Waals surface area (Å²) in [6.45, 7) is 6.37. The molecule has 1 aliphatic rings. The Kier molecular flexibility index (Phi) is 12.4. The number of aliphatic hydroxyl groups is 1. The normalized spacial score (nSPS) is 14.9. The summed E-state index contributed by atoms with van der Waals surface area (Å²) in [4.78, 5) is 24.7. The lowest BCUT2D eigenvalue weighted by molar-refractivity contribution is -0.136. The second-order valence-electron chi connectivity index (χ2n) is 11.1. The first-order valence-electron chi connectivity index (χ1n) is 16.0. The summed E-state index contributed by atoms with van der Waals surface area (Å²) in [6, 6.07) is 21.9. The van der Waals surface area contributed by atoms with E-state index in [0.29, 0.717) is 54.1 Å². The van der Waals surface area contributed by atoms with Crippen LogP contribution < -0.4 is 35.0 Å². The minimum absolute atomic E-state index is 0.157. The van der Waals surface area contributed by atoms with Crippen molar-refractivity contribution in [3.63, 3.8) is 0 Å². The van der Waals surface area contributed by atoms with Crippen LogP contribution in [-0.4, -0.2) is 56.5 Å². The van der Waals surface area contributed by atoms with Gasteiger partial charge in [0.05, 0.1) is 41.7 Å². The van der Waals surface area contributed by atoms with E-state index in [-0.39, 0.29) is 12.2 Å². The Morgan fingerprint density at radius 1 is 0.980 bits per heavy atom. The van der Waals surface area contributed by atoms with Gasteiger partial charge in [0.25, 0.3) is 0 Å². The maximum absolute atomic E-state index is 12.5. The first-order chi connectivity index (χ1) is 24.2. The molecule has 4 aromatic carbocycles. The highest BCUT2D eigenvalue weighted by molar-refractivity contribution is 14.1. The summed E-state index contributed by atoms with van der Waals surface area (Å²) < 4.78 is 29.6. The van der Waals surface area contributed by atoms with Gasteiger partial charge in [-0.1, -0.05) is 48.5 Å². The number of aliphatic hydroxyl groups excluding tert-OH is 1. The number of carbonyl (C=O) groups is 2. The van der Waals surface area contributed by atoms with Crippen LogP contribution >= 0.6 is 22.6 Å². The van der Waals surface area contributed by atoms with E-state index < -0.39 is 24.3 Å². The Bertz CT molecular complexity index is 1910.